The smallest absolute Gasteiger partial charge is 0.312 e. The van der Waals surface area contributed by atoms with Crippen molar-refractivity contribution in [3.63, 3.8) is 0 Å². The first-order valence-corrected chi connectivity index (χ1v) is 13.8. The SMILES string of the molecule is O=C1CC2(CCCCC2)c2cc(NS(=O)(=O)Cc3ccc(C(F)(F)F)cc3)ccc2N1CC1CC1. The lowest BCUT2D eigenvalue weighted by molar-refractivity contribution is -0.137. The van der Waals surface area contributed by atoms with E-state index in [9.17, 15) is 26.4 Å². The maximum Gasteiger partial charge on any atom is 0.416 e. The summed E-state index contributed by atoms with van der Waals surface area (Å²) in [7, 11) is -3.85. The van der Waals surface area contributed by atoms with Crippen LogP contribution in [0.5, 0.6) is 0 Å². The molecule has 2 fully saturated rings. The number of hydrogen-bond donors (Lipinski definition) is 1. The van der Waals surface area contributed by atoms with Crippen LogP contribution in [-0.2, 0) is 32.2 Å². The first-order chi connectivity index (χ1) is 16.5. The summed E-state index contributed by atoms with van der Waals surface area (Å²) in [4.78, 5) is 15.0. The zero-order valence-corrected chi connectivity index (χ0v) is 20.2. The number of nitrogens with one attached hydrogen (secondary N) is 1. The summed E-state index contributed by atoms with van der Waals surface area (Å²) in [5.41, 5.74) is 1.53. The monoisotopic (exact) mass is 506 g/mol. The molecule has 5 rings (SSSR count). The molecule has 2 saturated carbocycles. The van der Waals surface area contributed by atoms with Crippen molar-refractivity contribution in [2.24, 2.45) is 5.92 Å². The van der Waals surface area contributed by atoms with Gasteiger partial charge in [-0.2, -0.15) is 13.2 Å². The minimum atomic E-state index is -4.47. The van der Waals surface area contributed by atoms with E-state index in [0.717, 1.165) is 68.3 Å². The fraction of sp³-hybridized carbons (Fsp3) is 0.500. The minimum Gasteiger partial charge on any atom is -0.312 e. The molecule has 0 bridgehead atoms. The third-order valence-corrected chi connectivity index (χ3v) is 8.77. The van der Waals surface area contributed by atoms with E-state index in [1.165, 1.54) is 12.1 Å². The van der Waals surface area contributed by atoms with Crippen LogP contribution in [0.3, 0.4) is 0 Å². The Kier molecular flexibility index (Phi) is 6.10. The predicted molar refractivity (Wildman–Crippen MR) is 129 cm³/mol. The van der Waals surface area contributed by atoms with E-state index < -0.39 is 27.5 Å². The number of nitrogens with zero attached hydrogens (tertiary/aromatic N) is 1. The lowest BCUT2D eigenvalue weighted by Crippen LogP contribution is -2.46. The molecular weight excluding hydrogens is 477 g/mol. The third-order valence-electron chi connectivity index (χ3n) is 7.51. The van der Waals surface area contributed by atoms with Gasteiger partial charge in [0.1, 0.15) is 0 Å². The Labute approximate surface area is 203 Å². The highest BCUT2D eigenvalue weighted by Crippen LogP contribution is 2.50. The average Bonchev–Trinajstić information content (AvgIpc) is 3.61. The second-order valence-corrected chi connectivity index (χ2v) is 12.0. The van der Waals surface area contributed by atoms with E-state index in [-0.39, 0.29) is 16.9 Å². The average molecular weight is 507 g/mol. The number of benzene rings is 2. The molecule has 1 spiro atoms. The molecule has 2 aliphatic carbocycles. The van der Waals surface area contributed by atoms with Gasteiger partial charge in [-0.25, -0.2) is 8.42 Å². The molecular formula is C26H29F3N2O3S. The number of anilines is 2. The van der Waals surface area contributed by atoms with E-state index in [1.807, 2.05) is 17.0 Å². The van der Waals surface area contributed by atoms with Gasteiger partial charge in [-0.3, -0.25) is 9.52 Å². The van der Waals surface area contributed by atoms with Gasteiger partial charge >= 0.3 is 6.18 Å². The molecule has 9 heteroatoms. The quantitative estimate of drug-likeness (QED) is 0.523. The highest BCUT2D eigenvalue weighted by molar-refractivity contribution is 7.91. The molecule has 188 valence electrons. The summed E-state index contributed by atoms with van der Waals surface area (Å²) in [5, 5.41) is 0. The van der Waals surface area contributed by atoms with Gasteiger partial charge in [0.15, 0.2) is 0 Å². The van der Waals surface area contributed by atoms with Crippen LogP contribution >= 0.6 is 0 Å². The van der Waals surface area contributed by atoms with E-state index in [1.54, 1.807) is 6.07 Å². The van der Waals surface area contributed by atoms with Crippen LogP contribution in [0.4, 0.5) is 24.5 Å². The van der Waals surface area contributed by atoms with Gasteiger partial charge < -0.3 is 4.90 Å². The Hall–Kier alpha value is -2.55. The molecule has 0 unspecified atom stereocenters. The first kappa shape index (κ1) is 24.2. The van der Waals surface area contributed by atoms with Crippen LogP contribution in [0.2, 0.25) is 0 Å². The number of rotatable bonds is 6. The minimum absolute atomic E-state index is 0.155. The Morgan fingerprint density at radius 2 is 1.69 bits per heavy atom. The number of alkyl halides is 3. The van der Waals surface area contributed by atoms with E-state index in [4.69, 9.17) is 0 Å². The molecule has 2 aromatic rings. The van der Waals surface area contributed by atoms with Crippen LogP contribution in [0.1, 0.15) is 68.1 Å². The fourth-order valence-corrected chi connectivity index (χ4v) is 6.72. The molecule has 3 aliphatic rings. The zero-order chi connectivity index (χ0) is 24.8. The standard InChI is InChI=1S/C26H29F3N2O3S/c27-26(28,29)20-8-6-19(7-9-20)17-35(33,34)30-21-10-11-23-22(14-21)25(12-2-1-3-13-25)15-24(32)31(23)16-18-4-5-18/h6-11,14,18,30H,1-5,12-13,15-17H2. The van der Waals surface area contributed by atoms with Gasteiger partial charge in [-0.1, -0.05) is 31.4 Å². The number of carbonyl (C=O) groups is 1. The predicted octanol–water partition coefficient (Wildman–Crippen LogP) is 6.00. The van der Waals surface area contributed by atoms with Crippen LogP contribution in [-0.4, -0.2) is 20.9 Å². The number of halogens is 3. The highest BCUT2D eigenvalue weighted by Gasteiger charge is 2.45. The largest absolute Gasteiger partial charge is 0.416 e. The van der Waals surface area contributed by atoms with Crippen LogP contribution in [0.15, 0.2) is 42.5 Å². The topological polar surface area (TPSA) is 66.5 Å². The van der Waals surface area contributed by atoms with Crippen molar-refractivity contribution in [2.45, 2.75) is 68.7 Å². The molecule has 2 aromatic carbocycles. The first-order valence-electron chi connectivity index (χ1n) is 12.2. The maximum atomic E-state index is 13.1. The van der Waals surface area contributed by atoms with Crippen LogP contribution in [0, 0.1) is 5.92 Å². The Bertz CT molecular complexity index is 1220. The second-order valence-electron chi connectivity index (χ2n) is 10.3. The van der Waals surface area contributed by atoms with Crippen LogP contribution < -0.4 is 9.62 Å². The molecule has 0 aromatic heterocycles. The molecule has 1 heterocycles. The number of hydrogen-bond acceptors (Lipinski definition) is 3. The number of carbonyl (C=O) groups excluding carboxylic acids is 1. The maximum absolute atomic E-state index is 13.1. The third kappa shape index (κ3) is 5.20. The van der Waals surface area contributed by atoms with Gasteiger partial charge in [0.25, 0.3) is 0 Å². The lowest BCUT2D eigenvalue weighted by Gasteiger charge is -2.45. The Balaban J connectivity index is 1.41. The summed E-state index contributed by atoms with van der Waals surface area (Å²) in [5.74, 6) is 0.260. The fourth-order valence-electron chi connectivity index (χ4n) is 5.53. The van der Waals surface area contributed by atoms with Crippen molar-refractivity contribution < 1.29 is 26.4 Å². The summed E-state index contributed by atoms with van der Waals surface area (Å²) < 4.78 is 66.7. The van der Waals surface area contributed by atoms with Crippen molar-refractivity contribution in [2.75, 3.05) is 16.2 Å². The summed E-state index contributed by atoms with van der Waals surface area (Å²) in [6.07, 6.45) is 3.28. The summed E-state index contributed by atoms with van der Waals surface area (Å²) in [6, 6.07) is 9.56. The van der Waals surface area contributed by atoms with Gasteiger partial charge in [0, 0.05) is 29.8 Å². The van der Waals surface area contributed by atoms with E-state index >= 15 is 0 Å². The van der Waals surface area contributed by atoms with Gasteiger partial charge in [-0.15, -0.1) is 0 Å². The van der Waals surface area contributed by atoms with Crippen LogP contribution in [0.25, 0.3) is 0 Å². The molecule has 35 heavy (non-hydrogen) atoms. The molecule has 5 nitrogen and oxygen atoms in total. The van der Waals surface area contributed by atoms with E-state index in [0.29, 0.717) is 24.6 Å². The van der Waals surface area contributed by atoms with Crippen molar-refractivity contribution in [1.82, 2.24) is 0 Å². The second kappa shape index (κ2) is 8.84. The van der Waals surface area contributed by atoms with Gasteiger partial charge in [0.05, 0.1) is 11.3 Å². The lowest BCUT2D eigenvalue weighted by atomic mass is 9.65. The van der Waals surface area contributed by atoms with Crippen molar-refractivity contribution in [3.05, 3.63) is 59.2 Å². The Morgan fingerprint density at radius 1 is 1.00 bits per heavy atom. The number of amides is 1. The number of fused-ring (bicyclic) bond motifs is 2. The summed E-state index contributed by atoms with van der Waals surface area (Å²) in [6.45, 7) is 0.709. The molecule has 1 N–H and O–H groups in total. The highest BCUT2D eigenvalue weighted by atomic mass is 32.2. The van der Waals surface area contributed by atoms with E-state index in [2.05, 4.69) is 4.72 Å². The Morgan fingerprint density at radius 3 is 2.31 bits per heavy atom. The normalized spacial score (nSPS) is 20.1. The van der Waals surface area contributed by atoms with Crippen molar-refractivity contribution >= 4 is 27.3 Å². The number of sulfonamides is 1. The van der Waals surface area contributed by atoms with Crippen molar-refractivity contribution in [1.29, 1.82) is 0 Å². The molecule has 0 radical (unpaired) electrons. The molecule has 0 saturated heterocycles. The van der Waals surface area contributed by atoms with Crippen molar-refractivity contribution in [3.8, 4) is 0 Å². The molecule has 1 aliphatic heterocycles. The van der Waals surface area contributed by atoms with Gasteiger partial charge in [-0.05, 0) is 73.1 Å². The molecule has 1 amide bonds. The summed E-state index contributed by atoms with van der Waals surface area (Å²) >= 11 is 0. The zero-order valence-electron chi connectivity index (χ0n) is 19.4. The molecule has 0 atom stereocenters. The van der Waals surface area contributed by atoms with Gasteiger partial charge in [0.2, 0.25) is 15.9 Å².